The molecule has 21 heavy (non-hydrogen) atoms. The van der Waals surface area contributed by atoms with Crippen LogP contribution in [0.3, 0.4) is 0 Å². The van der Waals surface area contributed by atoms with Crippen molar-refractivity contribution in [2.24, 2.45) is 5.92 Å². The second kappa shape index (κ2) is 9.56. The van der Waals surface area contributed by atoms with Gasteiger partial charge in [-0.1, -0.05) is 57.4 Å². The van der Waals surface area contributed by atoms with E-state index in [4.69, 9.17) is 5.11 Å². The minimum Gasteiger partial charge on any atom is -0.481 e. The second-order valence-corrected chi connectivity index (χ2v) is 5.85. The van der Waals surface area contributed by atoms with Crippen LogP contribution in [0, 0.1) is 5.92 Å². The molecule has 2 unspecified atom stereocenters. The first kappa shape index (κ1) is 17.7. The van der Waals surface area contributed by atoms with Crippen LogP contribution in [-0.2, 0) is 11.3 Å². The number of rotatable bonds is 10. The van der Waals surface area contributed by atoms with Crippen molar-refractivity contribution in [1.82, 2.24) is 5.32 Å². The zero-order chi connectivity index (χ0) is 15.7. The van der Waals surface area contributed by atoms with Crippen LogP contribution in [0.5, 0.6) is 0 Å². The molecular formula is C18H29NO2. The van der Waals surface area contributed by atoms with Gasteiger partial charge in [0.25, 0.3) is 0 Å². The number of benzene rings is 1. The minimum atomic E-state index is -0.775. The van der Waals surface area contributed by atoms with Gasteiger partial charge in [-0.2, -0.15) is 0 Å². The molecule has 0 radical (unpaired) electrons. The van der Waals surface area contributed by atoms with E-state index in [-0.39, 0.29) is 0 Å². The second-order valence-electron chi connectivity index (χ2n) is 5.85. The van der Waals surface area contributed by atoms with Crippen LogP contribution < -0.4 is 5.32 Å². The van der Waals surface area contributed by atoms with Gasteiger partial charge in [-0.15, -0.1) is 0 Å². The number of hydrogen-bond acceptors (Lipinski definition) is 2. The third kappa shape index (κ3) is 6.30. The number of carboxylic acids is 1. The minimum absolute atomic E-state index is 0.439. The van der Waals surface area contributed by atoms with Gasteiger partial charge >= 0.3 is 5.97 Å². The molecule has 0 fully saturated rings. The molecule has 1 aromatic rings. The van der Waals surface area contributed by atoms with Crippen LogP contribution in [0.1, 0.15) is 63.5 Å². The molecular weight excluding hydrogens is 262 g/mol. The van der Waals surface area contributed by atoms with E-state index in [0.717, 1.165) is 24.6 Å². The van der Waals surface area contributed by atoms with Crippen molar-refractivity contribution < 1.29 is 9.90 Å². The lowest BCUT2D eigenvalue weighted by Crippen LogP contribution is -2.22. The summed E-state index contributed by atoms with van der Waals surface area (Å²) in [5.41, 5.74) is 2.07. The average Bonchev–Trinajstić information content (AvgIpc) is 2.50. The summed E-state index contributed by atoms with van der Waals surface area (Å²) in [7, 11) is 0. The Morgan fingerprint density at radius 2 is 1.90 bits per heavy atom. The lowest BCUT2D eigenvalue weighted by Gasteiger charge is -2.15. The van der Waals surface area contributed by atoms with E-state index in [1.54, 1.807) is 6.92 Å². The molecule has 0 aromatic heterocycles. The van der Waals surface area contributed by atoms with Crippen LogP contribution in [0.15, 0.2) is 24.3 Å². The molecule has 0 aliphatic rings. The number of hydrogen-bond donors (Lipinski definition) is 2. The first-order chi connectivity index (χ1) is 10.1. The van der Waals surface area contributed by atoms with Crippen LogP contribution >= 0.6 is 0 Å². The molecule has 0 aliphatic carbocycles. The van der Waals surface area contributed by atoms with E-state index in [9.17, 15) is 4.79 Å². The largest absolute Gasteiger partial charge is 0.481 e. The third-order valence-electron chi connectivity index (χ3n) is 4.16. The number of carbonyl (C=O) groups is 1. The predicted octanol–water partition coefficient (Wildman–Crippen LogP) is 4.18. The summed E-state index contributed by atoms with van der Waals surface area (Å²) in [6.07, 6.45) is 5.10. The third-order valence-corrected chi connectivity index (χ3v) is 4.16. The molecule has 0 aliphatic heterocycles. The van der Waals surface area contributed by atoms with Crippen LogP contribution in [0.4, 0.5) is 0 Å². The van der Waals surface area contributed by atoms with Gasteiger partial charge in [0, 0.05) is 6.54 Å². The Kier molecular flexibility index (Phi) is 8.06. The molecule has 0 saturated carbocycles. The molecule has 0 spiro atoms. The lowest BCUT2D eigenvalue weighted by atomic mass is 9.99. The van der Waals surface area contributed by atoms with Gasteiger partial charge in [-0.05, 0) is 36.9 Å². The molecule has 2 N–H and O–H groups in total. The highest BCUT2D eigenvalue weighted by atomic mass is 16.4. The molecule has 0 bridgehead atoms. The molecule has 0 amide bonds. The molecule has 3 heteroatoms. The summed E-state index contributed by atoms with van der Waals surface area (Å²) < 4.78 is 0. The molecule has 2 atom stereocenters. The van der Waals surface area contributed by atoms with Crippen molar-refractivity contribution in [2.45, 2.75) is 58.9 Å². The Hall–Kier alpha value is -1.35. The van der Waals surface area contributed by atoms with Gasteiger partial charge in [0.15, 0.2) is 0 Å². The fourth-order valence-electron chi connectivity index (χ4n) is 2.43. The lowest BCUT2D eigenvalue weighted by molar-refractivity contribution is -0.138. The summed E-state index contributed by atoms with van der Waals surface area (Å²) in [6.45, 7) is 8.12. The maximum absolute atomic E-state index is 10.9. The van der Waals surface area contributed by atoms with Crippen molar-refractivity contribution in [3.05, 3.63) is 35.4 Å². The van der Waals surface area contributed by atoms with E-state index in [1.165, 1.54) is 31.2 Å². The van der Waals surface area contributed by atoms with Crippen molar-refractivity contribution in [2.75, 3.05) is 6.54 Å². The predicted molar refractivity (Wildman–Crippen MR) is 87.5 cm³/mol. The number of nitrogens with one attached hydrogen (secondary N) is 1. The summed E-state index contributed by atoms with van der Waals surface area (Å²) in [5.74, 6) is -0.454. The van der Waals surface area contributed by atoms with Crippen LogP contribution in [0.2, 0.25) is 0 Å². The topological polar surface area (TPSA) is 49.3 Å². The van der Waals surface area contributed by atoms with E-state index in [0.29, 0.717) is 0 Å². The fourth-order valence-corrected chi connectivity index (χ4v) is 2.43. The average molecular weight is 291 g/mol. The van der Waals surface area contributed by atoms with Gasteiger partial charge in [0.1, 0.15) is 0 Å². The van der Waals surface area contributed by atoms with Crippen molar-refractivity contribution in [1.29, 1.82) is 0 Å². The summed E-state index contributed by atoms with van der Waals surface area (Å²) >= 11 is 0. The number of unbranched alkanes of at least 4 members (excludes halogenated alkanes) is 1. The van der Waals surface area contributed by atoms with Gasteiger partial charge in [0.05, 0.1) is 5.92 Å². The quantitative estimate of drug-likeness (QED) is 0.680. The molecule has 0 saturated heterocycles. The smallest absolute Gasteiger partial charge is 0.310 e. The van der Waals surface area contributed by atoms with E-state index < -0.39 is 11.9 Å². The Morgan fingerprint density at radius 1 is 1.24 bits per heavy atom. The van der Waals surface area contributed by atoms with E-state index in [2.05, 4.69) is 19.2 Å². The maximum Gasteiger partial charge on any atom is 0.310 e. The zero-order valence-corrected chi connectivity index (χ0v) is 13.6. The van der Waals surface area contributed by atoms with Crippen molar-refractivity contribution in [3.63, 3.8) is 0 Å². The highest BCUT2D eigenvalue weighted by Gasteiger charge is 2.13. The molecule has 3 nitrogen and oxygen atoms in total. The molecule has 118 valence electrons. The van der Waals surface area contributed by atoms with E-state index in [1.807, 2.05) is 24.3 Å². The van der Waals surface area contributed by atoms with Crippen molar-refractivity contribution >= 4 is 5.97 Å². The first-order valence-electron chi connectivity index (χ1n) is 8.10. The van der Waals surface area contributed by atoms with Crippen molar-refractivity contribution in [3.8, 4) is 0 Å². The first-order valence-corrected chi connectivity index (χ1v) is 8.10. The molecule has 0 heterocycles. The molecule has 1 aromatic carbocycles. The highest BCUT2D eigenvalue weighted by molar-refractivity contribution is 5.75. The Morgan fingerprint density at radius 3 is 2.43 bits per heavy atom. The van der Waals surface area contributed by atoms with Crippen LogP contribution in [0.25, 0.3) is 0 Å². The van der Waals surface area contributed by atoms with Gasteiger partial charge in [-0.25, -0.2) is 0 Å². The summed E-state index contributed by atoms with van der Waals surface area (Å²) in [6, 6.07) is 7.89. The Balaban J connectivity index is 2.40. The molecule has 1 rings (SSSR count). The number of carboxylic acid groups (broad SMARTS) is 1. The van der Waals surface area contributed by atoms with E-state index >= 15 is 0 Å². The van der Waals surface area contributed by atoms with Gasteiger partial charge < -0.3 is 10.4 Å². The Labute approximate surface area is 128 Å². The number of aliphatic carboxylic acids is 1. The summed E-state index contributed by atoms with van der Waals surface area (Å²) in [4.78, 5) is 10.9. The fraction of sp³-hybridized carbons (Fsp3) is 0.611. The maximum atomic E-state index is 10.9. The monoisotopic (exact) mass is 291 g/mol. The van der Waals surface area contributed by atoms with Gasteiger partial charge in [0.2, 0.25) is 0 Å². The standard InChI is InChI=1S/C18H29NO2/c1-4-6-7-15(5-2)12-19-13-16-8-10-17(11-9-16)14(3)18(20)21/h8-11,14-15,19H,4-7,12-13H2,1-3H3,(H,20,21). The van der Waals surface area contributed by atoms with Gasteiger partial charge in [-0.3, -0.25) is 4.79 Å². The zero-order valence-electron chi connectivity index (χ0n) is 13.6. The Bertz CT molecular complexity index is 414. The SMILES string of the molecule is CCCCC(CC)CNCc1ccc(C(C)C(=O)O)cc1. The summed E-state index contributed by atoms with van der Waals surface area (Å²) in [5, 5.41) is 12.5. The highest BCUT2D eigenvalue weighted by Crippen LogP contribution is 2.16. The normalized spacial score (nSPS) is 13.9. The van der Waals surface area contributed by atoms with Crippen LogP contribution in [-0.4, -0.2) is 17.6 Å².